The Hall–Kier alpha value is -4.47. The highest BCUT2D eigenvalue weighted by atomic mass is 19.1. The Morgan fingerprint density at radius 1 is 1.08 bits per heavy atom. The second kappa shape index (κ2) is 11.1. The van der Waals surface area contributed by atoms with Gasteiger partial charge in [-0.25, -0.2) is 9.37 Å². The molecule has 0 bridgehead atoms. The summed E-state index contributed by atoms with van der Waals surface area (Å²) in [7, 11) is 0. The summed E-state index contributed by atoms with van der Waals surface area (Å²) in [6.45, 7) is 5.13. The maximum atomic E-state index is 13.4. The van der Waals surface area contributed by atoms with Crippen LogP contribution in [0.4, 0.5) is 4.39 Å². The Balaban J connectivity index is 1.50. The van der Waals surface area contributed by atoms with Gasteiger partial charge in [0.1, 0.15) is 18.2 Å². The van der Waals surface area contributed by atoms with Gasteiger partial charge in [0.2, 0.25) is 17.6 Å². The molecule has 0 aliphatic carbocycles. The van der Waals surface area contributed by atoms with Gasteiger partial charge in [0.25, 0.3) is 11.4 Å². The molecule has 2 heterocycles. The van der Waals surface area contributed by atoms with Gasteiger partial charge in [-0.3, -0.25) is 19.0 Å². The fourth-order valence-electron chi connectivity index (χ4n) is 3.87. The number of benzene rings is 2. The summed E-state index contributed by atoms with van der Waals surface area (Å²) in [4.78, 5) is 42.8. The molecule has 0 fully saturated rings. The van der Waals surface area contributed by atoms with Crippen LogP contribution in [0.5, 0.6) is 0 Å². The first kappa shape index (κ1) is 25.6. The summed E-state index contributed by atoms with van der Waals surface area (Å²) in [5.74, 6) is -1.55. The van der Waals surface area contributed by atoms with Crippen molar-refractivity contribution in [1.29, 1.82) is 0 Å². The van der Waals surface area contributed by atoms with E-state index in [-0.39, 0.29) is 23.5 Å². The maximum absolute atomic E-state index is 13.4. The summed E-state index contributed by atoms with van der Waals surface area (Å²) in [6.07, 6.45) is 1.69. The van der Waals surface area contributed by atoms with Crippen LogP contribution in [0.15, 0.2) is 70.0 Å². The summed E-state index contributed by atoms with van der Waals surface area (Å²) in [5.41, 5.74) is 2.06. The van der Waals surface area contributed by atoms with Gasteiger partial charge < -0.3 is 9.73 Å². The molecule has 1 N–H and O–H groups in total. The number of hydrogen-bond donors (Lipinski definition) is 1. The normalized spacial score (nSPS) is 11.9. The highest BCUT2D eigenvalue weighted by Crippen LogP contribution is 2.17. The van der Waals surface area contributed by atoms with E-state index in [2.05, 4.69) is 20.5 Å². The summed E-state index contributed by atoms with van der Waals surface area (Å²) in [5, 5.41) is 10.6. The number of Topliss-reactive ketones (excluding diaryl/α,β-unsaturated/α-hetero) is 1. The third-order valence-corrected chi connectivity index (χ3v) is 5.72. The monoisotopic (exact) mass is 503 g/mol. The van der Waals surface area contributed by atoms with Crippen LogP contribution in [0.3, 0.4) is 0 Å². The van der Waals surface area contributed by atoms with Gasteiger partial charge in [-0.1, -0.05) is 43.7 Å². The van der Waals surface area contributed by atoms with Crippen LogP contribution in [-0.2, 0) is 17.8 Å². The molecule has 2 aromatic heterocycles. The predicted octanol–water partition coefficient (Wildman–Crippen LogP) is 3.36. The number of rotatable bonds is 9. The zero-order chi connectivity index (χ0) is 26.5. The second-order valence-corrected chi connectivity index (χ2v) is 9.02. The third kappa shape index (κ3) is 6.21. The minimum Gasteiger partial charge on any atom is -0.418 e. The molecule has 0 aliphatic rings. The standard InChI is InChI=1S/C27H26FN5O4/c1-16(2)24(25(36)27-32-31-22(37-27)14-18-6-4-5-17(3)13-18)30-21(34)15-33-23(35)11-12-29-26(33)19-7-9-20(28)10-8-19/h4-13,16,24H,14-15H2,1-3H3,(H,30,34). The molecule has 9 nitrogen and oxygen atoms in total. The quantitative estimate of drug-likeness (QED) is 0.348. The van der Waals surface area contributed by atoms with Gasteiger partial charge in [-0.05, 0) is 42.7 Å². The van der Waals surface area contributed by atoms with E-state index in [4.69, 9.17) is 4.42 Å². The van der Waals surface area contributed by atoms with Gasteiger partial charge in [0, 0.05) is 17.8 Å². The molecule has 4 rings (SSSR count). The Bertz CT molecular complexity index is 1480. The number of nitrogens with one attached hydrogen (secondary N) is 1. The fraction of sp³-hybridized carbons (Fsp3) is 0.259. The van der Waals surface area contributed by atoms with Gasteiger partial charge in [0.15, 0.2) is 0 Å². The topological polar surface area (TPSA) is 120 Å². The largest absolute Gasteiger partial charge is 0.418 e. The molecule has 10 heteroatoms. The average Bonchev–Trinajstić information content (AvgIpc) is 3.32. The van der Waals surface area contributed by atoms with Gasteiger partial charge in [0.05, 0.1) is 12.5 Å². The Labute approximate surface area is 212 Å². The molecule has 0 radical (unpaired) electrons. The first-order valence-electron chi connectivity index (χ1n) is 11.7. The summed E-state index contributed by atoms with van der Waals surface area (Å²) >= 11 is 0. The lowest BCUT2D eigenvalue weighted by molar-refractivity contribution is -0.122. The number of ketones is 1. The molecule has 2 aromatic carbocycles. The predicted molar refractivity (Wildman–Crippen MR) is 133 cm³/mol. The first-order chi connectivity index (χ1) is 17.7. The molecule has 4 aromatic rings. The highest BCUT2D eigenvalue weighted by molar-refractivity contribution is 5.98. The lowest BCUT2D eigenvalue weighted by Crippen LogP contribution is -2.46. The van der Waals surface area contributed by atoms with Crippen molar-refractivity contribution in [2.24, 2.45) is 5.92 Å². The van der Waals surface area contributed by atoms with Crippen LogP contribution < -0.4 is 10.9 Å². The lowest BCUT2D eigenvalue weighted by atomic mass is 9.99. The van der Waals surface area contributed by atoms with Crippen molar-refractivity contribution >= 4 is 11.7 Å². The SMILES string of the molecule is Cc1cccc(Cc2nnc(C(=O)C(NC(=O)Cn3c(-c4ccc(F)cc4)nccc3=O)C(C)C)o2)c1. The minimum absolute atomic E-state index is 0.202. The first-order valence-corrected chi connectivity index (χ1v) is 11.7. The van der Waals surface area contributed by atoms with Crippen LogP contribution in [0.25, 0.3) is 11.4 Å². The van der Waals surface area contributed by atoms with Crippen molar-refractivity contribution < 1.29 is 18.4 Å². The Morgan fingerprint density at radius 3 is 2.54 bits per heavy atom. The molecule has 0 saturated carbocycles. The van der Waals surface area contributed by atoms with Crippen molar-refractivity contribution in [2.45, 2.75) is 39.8 Å². The minimum atomic E-state index is -0.957. The van der Waals surface area contributed by atoms with Crippen LogP contribution in [0.1, 0.15) is 41.6 Å². The van der Waals surface area contributed by atoms with Gasteiger partial charge in [-0.2, -0.15) is 0 Å². The number of nitrogens with zero attached hydrogens (tertiary/aromatic N) is 4. The second-order valence-electron chi connectivity index (χ2n) is 9.02. The number of amides is 1. The fourth-order valence-corrected chi connectivity index (χ4v) is 3.87. The number of aryl methyl sites for hydroxylation is 1. The zero-order valence-corrected chi connectivity index (χ0v) is 20.6. The molecule has 37 heavy (non-hydrogen) atoms. The Morgan fingerprint density at radius 2 is 1.84 bits per heavy atom. The molecular weight excluding hydrogens is 477 g/mol. The van der Waals surface area contributed by atoms with E-state index < -0.39 is 35.7 Å². The van der Waals surface area contributed by atoms with E-state index in [0.717, 1.165) is 15.7 Å². The molecular formula is C27H26FN5O4. The van der Waals surface area contributed by atoms with E-state index in [1.807, 2.05) is 31.2 Å². The average molecular weight is 504 g/mol. The summed E-state index contributed by atoms with van der Waals surface area (Å²) in [6, 6.07) is 13.5. The van der Waals surface area contributed by atoms with E-state index in [0.29, 0.717) is 12.0 Å². The van der Waals surface area contributed by atoms with Crippen LogP contribution >= 0.6 is 0 Å². The number of carbonyl (C=O) groups is 2. The molecule has 0 spiro atoms. The molecule has 0 aliphatic heterocycles. The maximum Gasteiger partial charge on any atom is 0.286 e. The summed E-state index contributed by atoms with van der Waals surface area (Å²) < 4.78 is 20.1. The zero-order valence-electron chi connectivity index (χ0n) is 20.6. The number of halogens is 1. The molecule has 190 valence electrons. The smallest absolute Gasteiger partial charge is 0.286 e. The number of hydrogen-bond acceptors (Lipinski definition) is 7. The van der Waals surface area contributed by atoms with Crippen molar-refractivity contribution in [1.82, 2.24) is 25.1 Å². The van der Waals surface area contributed by atoms with Crippen molar-refractivity contribution in [3.8, 4) is 11.4 Å². The number of carbonyl (C=O) groups excluding carboxylic acids is 2. The van der Waals surface area contributed by atoms with Crippen molar-refractivity contribution in [3.05, 3.63) is 99.9 Å². The van der Waals surface area contributed by atoms with Crippen LogP contribution in [0, 0.1) is 18.7 Å². The van der Waals surface area contributed by atoms with E-state index in [1.165, 1.54) is 36.5 Å². The van der Waals surface area contributed by atoms with Crippen molar-refractivity contribution in [2.75, 3.05) is 0 Å². The molecule has 0 saturated heterocycles. The van der Waals surface area contributed by atoms with Crippen LogP contribution in [-0.4, -0.2) is 37.5 Å². The van der Waals surface area contributed by atoms with Gasteiger partial charge in [-0.15, -0.1) is 10.2 Å². The van der Waals surface area contributed by atoms with E-state index in [9.17, 15) is 18.8 Å². The number of aromatic nitrogens is 4. The van der Waals surface area contributed by atoms with Gasteiger partial charge >= 0.3 is 0 Å². The van der Waals surface area contributed by atoms with E-state index >= 15 is 0 Å². The molecule has 1 unspecified atom stereocenters. The third-order valence-electron chi connectivity index (χ3n) is 5.72. The molecule has 1 amide bonds. The highest BCUT2D eigenvalue weighted by Gasteiger charge is 2.30. The van der Waals surface area contributed by atoms with Crippen LogP contribution in [0.2, 0.25) is 0 Å². The van der Waals surface area contributed by atoms with E-state index in [1.54, 1.807) is 13.8 Å². The molecule has 1 atom stereocenters. The van der Waals surface area contributed by atoms with Crippen molar-refractivity contribution in [3.63, 3.8) is 0 Å². The Kier molecular flexibility index (Phi) is 7.66. The lowest BCUT2D eigenvalue weighted by Gasteiger charge is -2.20.